The molecule has 3 aromatic carbocycles. The highest BCUT2D eigenvalue weighted by atomic mass is 16.5. The average molecular weight is 475 g/mol. The third kappa shape index (κ3) is 6.93. The third-order valence-electron chi connectivity index (χ3n) is 6.23. The molecule has 1 amide bonds. The molecule has 35 heavy (non-hydrogen) atoms. The predicted molar refractivity (Wildman–Crippen MR) is 139 cm³/mol. The highest BCUT2D eigenvalue weighted by Crippen LogP contribution is 2.29. The second-order valence-corrected chi connectivity index (χ2v) is 9.27. The zero-order valence-electron chi connectivity index (χ0n) is 20.7. The number of aryl methyl sites for hydroxylation is 1. The molecular formula is C29H34N2O4. The fraction of sp³-hybridized carbons (Fsp3) is 0.310. The Morgan fingerprint density at radius 1 is 0.971 bits per heavy atom. The lowest BCUT2D eigenvalue weighted by Gasteiger charge is -2.22. The molecule has 0 saturated heterocycles. The summed E-state index contributed by atoms with van der Waals surface area (Å²) in [5, 5.41) is 12.0. The van der Waals surface area contributed by atoms with Gasteiger partial charge >= 0.3 is 5.97 Å². The molecule has 184 valence electrons. The summed E-state index contributed by atoms with van der Waals surface area (Å²) in [4.78, 5) is 23.7. The summed E-state index contributed by atoms with van der Waals surface area (Å²) in [7, 11) is 1.67. The highest BCUT2D eigenvalue weighted by molar-refractivity contribution is 5.94. The number of ether oxygens (including phenoxy) is 1. The van der Waals surface area contributed by atoms with Crippen molar-refractivity contribution in [2.75, 3.05) is 13.7 Å². The monoisotopic (exact) mass is 474 g/mol. The zero-order valence-corrected chi connectivity index (χ0v) is 20.7. The maximum atomic E-state index is 12.7. The van der Waals surface area contributed by atoms with E-state index >= 15 is 0 Å². The van der Waals surface area contributed by atoms with Crippen molar-refractivity contribution in [2.45, 2.75) is 39.2 Å². The van der Waals surface area contributed by atoms with Gasteiger partial charge in [0.2, 0.25) is 0 Å². The lowest BCUT2D eigenvalue weighted by molar-refractivity contribution is -0.138. The van der Waals surface area contributed by atoms with Crippen LogP contribution in [0.4, 0.5) is 0 Å². The summed E-state index contributed by atoms with van der Waals surface area (Å²) in [5.41, 5.74) is 11.4. The van der Waals surface area contributed by atoms with Crippen LogP contribution in [0.1, 0.15) is 46.8 Å². The van der Waals surface area contributed by atoms with Crippen LogP contribution in [0.2, 0.25) is 0 Å². The first-order valence-electron chi connectivity index (χ1n) is 11.8. The van der Waals surface area contributed by atoms with E-state index in [-0.39, 0.29) is 18.2 Å². The van der Waals surface area contributed by atoms with Gasteiger partial charge in [0.1, 0.15) is 11.8 Å². The topological polar surface area (TPSA) is 102 Å². The molecule has 0 aliphatic carbocycles. The van der Waals surface area contributed by atoms with Gasteiger partial charge in [-0.25, -0.2) is 0 Å². The largest absolute Gasteiger partial charge is 0.497 e. The van der Waals surface area contributed by atoms with E-state index in [9.17, 15) is 9.59 Å². The lowest BCUT2D eigenvalue weighted by atomic mass is 9.87. The van der Waals surface area contributed by atoms with Crippen LogP contribution >= 0.6 is 0 Å². The number of hydrogen-bond donors (Lipinski definition) is 3. The number of benzene rings is 3. The van der Waals surface area contributed by atoms with Gasteiger partial charge in [0.05, 0.1) is 7.11 Å². The van der Waals surface area contributed by atoms with Crippen molar-refractivity contribution in [3.05, 3.63) is 89.0 Å². The van der Waals surface area contributed by atoms with Crippen LogP contribution < -0.4 is 15.8 Å². The summed E-state index contributed by atoms with van der Waals surface area (Å²) in [6.07, 6.45) is 0.220. The van der Waals surface area contributed by atoms with Crippen LogP contribution in [0.5, 0.6) is 5.75 Å². The van der Waals surface area contributed by atoms with Crippen molar-refractivity contribution in [2.24, 2.45) is 11.7 Å². The second-order valence-electron chi connectivity index (χ2n) is 9.27. The summed E-state index contributed by atoms with van der Waals surface area (Å²) < 4.78 is 5.40. The van der Waals surface area contributed by atoms with Crippen LogP contribution in [0.15, 0.2) is 66.7 Å². The van der Waals surface area contributed by atoms with Gasteiger partial charge < -0.3 is 20.9 Å². The Labute approximate surface area is 207 Å². The van der Waals surface area contributed by atoms with Gasteiger partial charge in [-0.1, -0.05) is 56.3 Å². The molecule has 3 aromatic rings. The van der Waals surface area contributed by atoms with E-state index in [4.69, 9.17) is 15.6 Å². The van der Waals surface area contributed by atoms with Crippen molar-refractivity contribution >= 4 is 11.9 Å². The van der Waals surface area contributed by atoms with Crippen LogP contribution in [0.25, 0.3) is 11.1 Å². The Hall–Kier alpha value is -3.64. The summed E-state index contributed by atoms with van der Waals surface area (Å²) >= 11 is 0. The minimum atomic E-state index is -1.04. The molecule has 0 spiro atoms. The SMILES string of the molecule is COc1cc(C)cc(-c2ccc([C@H](CNC(=O)c3ccc(C[C@@H](N)C(=O)O)cc3)C(C)C)cc2)c1. The van der Waals surface area contributed by atoms with Crippen LogP contribution in [0.3, 0.4) is 0 Å². The average Bonchev–Trinajstić information content (AvgIpc) is 2.84. The number of carboxylic acid groups (broad SMARTS) is 1. The van der Waals surface area contributed by atoms with Gasteiger partial charge in [-0.05, 0) is 71.3 Å². The van der Waals surface area contributed by atoms with E-state index < -0.39 is 12.0 Å². The molecular weight excluding hydrogens is 440 g/mol. The lowest BCUT2D eigenvalue weighted by Crippen LogP contribution is -2.32. The quantitative estimate of drug-likeness (QED) is 0.392. The normalized spacial score (nSPS) is 12.7. The Morgan fingerprint density at radius 3 is 2.20 bits per heavy atom. The number of aliphatic carboxylic acids is 1. The molecule has 2 atom stereocenters. The number of carbonyl (C=O) groups excluding carboxylic acids is 1. The van der Waals surface area contributed by atoms with Gasteiger partial charge in [0, 0.05) is 18.0 Å². The number of hydrogen-bond acceptors (Lipinski definition) is 4. The van der Waals surface area contributed by atoms with Crippen LogP contribution in [-0.4, -0.2) is 36.7 Å². The van der Waals surface area contributed by atoms with E-state index in [0.717, 1.165) is 28.0 Å². The Morgan fingerprint density at radius 2 is 1.63 bits per heavy atom. The number of rotatable bonds is 10. The minimum Gasteiger partial charge on any atom is -0.497 e. The molecule has 6 nitrogen and oxygen atoms in total. The van der Waals surface area contributed by atoms with Gasteiger partial charge in [-0.3, -0.25) is 9.59 Å². The standard InChI is InChI=1S/C29H34N2O4/c1-18(2)26(17-31-28(32)23-7-5-20(6-8-23)15-27(30)29(33)34)22-11-9-21(10-12-22)24-13-19(3)14-25(16-24)35-4/h5-14,16,18,26-27H,15,17,30H2,1-4H3,(H,31,32)(H,33,34)/t26-,27-/m1/s1. The van der Waals surface area contributed by atoms with E-state index in [1.807, 2.05) is 12.1 Å². The zero-order chi connectivity index (χ0) is 25.5. The van der Waals surface area contributed by atoms with E-state index in [1.165, 1.54) is 5.56 Å². The number of carboxylic acids is 1. The smallest absolute Gasteiger partial charge is 0.320 e. The Kier molecular flexibility index (Phi) is 8.66. The van der Waals surface area contributed by atoms with Gasteiger partial charge in [-0.15, -0.1) is 0 Å². The first-order chi connectivity index (χ1) is 16.7. The second kappa shape index (κ2) is 11.7. The van der Waals surface area contributed by atoms with Crippen molar-refractivity contribution in [3.63, 3.8) is 0 Å². The molecule has 0 aromatic heterocycles. The molecule has 0 bridgehead atoms. The fourth-order valence-electron chi connectivity index (χ4n) is 4.13. The number of carbonyl (C=O) groups is 2. The first kappa shape index (κ1) is 26.0. The maximum Gasteiger partial charge on any atom is 0.320 e. The van der Waals surface area contributed by atoms with Crippen LogP contribution in [0, 0.1) is 12.8 Å². The number of methoxy groups -OCH3 is 1. The third-order valence-corrected chi connectivity index (χ3v) is 6.23. The molecule has 0 saturated carbocycles. The minimum absolute atomic E-state index is 0.159. The molecule has 0 aliphatic heterocycles. The molecule has 0 radical (unpaired) electrons. The molecule has 0 aliphatic rings. The molecule has 0 fully saturated rings. The molecule has 0 heterocycles. The summed E-state index contributed by atoms with van der Waals surface area (Å²) in [6, 6.07) is 20.6. The molecule has 3 rings (SSSR count). The summed E-state index contributed by atoms with van der Waals surface area (Å²) in [5.74, 6) is 0.129. The Balaban J connectivity index is 1.67. The predicted octanol–water partition coefficient (Wildman–Crippen LogP) is 4.79. The van der Waals surface area contributed by atoms with Crippen molar-refractivity contribution < 1.29 is 19.4 Å². The summed E-state index contributed by atoms with van der Waals surface area (Å²) in [6.45, 7) is 6.86. The van der Waals surface area contributed by atoms with Crippen molar-refractivity contribution in [3.8, 4) is 16.9 Å². The van der Waals surface area contributed by atoms with Crippen molar-refractivity contribution in [1.82, 2.24) is 5.32 Å². The number of nitrogens with one attached hydrogen (secondary N) is 1. The van der Waals surface area contributed by atoms with E-state index in [0.29, 0.717) is 18.0 Å². The van der Waals surface area contributed by atoms with E-state index in [2.05, 4.69) is 56.4 Å². The number of amides is 1. The van der Waals surface area contributed by atoms with Gasteiger partial charge in [0.25, 0.3) is 5.91 Å². The first-order valence-corrected chi connectivity index (χ1v) is 11.8. The molecule has 6 heteroatoms. The number of nitrogens with two attached hydrogens (primary N) is 1. The highest BCUT2D eigenvalue weighted by Gasteiger charge is 2.18. The van der Waals surface area contributed by atoms with Crippen LogP contribution in [-0.2, 0) is 11.2 Å². The fourth-order valence-corrected chi connectivity index (χ4v) is 4.13. The Bertz CT molecular complexity index is 1150. The molecule has 4 N–H and O–H groups in total. The van der Waals surface area contributed by atoms with Crippen molar-refractivity contribution in [1.29, 1.82) is 0 Å². The maximum absolute atomic E-state index is 12.7. The van der Waals surface area contributed by atoms with Gasteiger partial charge in [-0.2, -0.15) is 0 Å². The van der Waals surface area contributed by atoms with Gasteiger partial charge in [0.15, 0.2) is 0 Å². The van der Waals surface area contributed by atoms with E-state index in [1.54, 1.807) is 31.4 Å². The molecule has 0 unspecified atom stereocenters.